The van der Waals surface area contributed by atoms with Gasteiger partial charge in [0.2, 0.25) is 11.8 Å². The first-order valence-corrected chi connectivity index (χ1v) is 9.09. The molecule has 1 saturated carbocycles. The monoisotopic (exact) mass is 398 g/mol. The molecule has 0 aliphatic heterocycles. The Hall–Kier alpha value is -2.65. The number of nitrogens with zero attached hydrogens (tertiary/aromatic N) is 3. The highest BCUT2D eigenvalue weighted by Crippen LogP contribution is 2.37. The molecule has 152 valence electrons. The van der Waals surface area contributed by atoms with E-state index in [2.05, 4.69) is 20.4 Å². The Kier molecular flexibility index (Phi) is 6.15. The summed E-state index contributed by atoms with van der Waals surface area (Å²) in [5.74, 6) is 0.250. The van der Waals surface area contributed by atoms with Gasteiger partial charge in [0.15, 0.2) is 12.4 Å². The molecule has 2 heterocycles. The van der Waals surface area contributed by atoms with Gasteiger partial charge in [-0.15, -0.1) is 0 Å². The van der Waals surface area contributed by atoms with E-state index in [-0.39, 0.29) is 29.8 Å². The van der Waals surface area contributed by atoms with Gasteiger partial charge in [0.05, 0.1) is 12.1 Å². The Morgan fingerprint density at radius 3 is 2.71 bits per heavy atom. The molecule has 0 spiro atoms. The minimum Gasteiger partial charge on any atom is -0.468 e. The van der Waals surface area contributed by atoms with E-state index in [0.717, 1.165) is 32.1 Å². The molecular weight excluding hydrogens is 377 g/mol. The van der Waals surface area contributed by atoms with E-state index in [1.54, 1.807) is 13.0 Å². The van der Waals surface area contributed by atoms with Crippen LogP contribution in [0.2, 0.25) is 0 Å². The Morgan fingerprint density at radius 2 is 2.07 bits per heavy atom. The number of ether oxygens (including phenoxy) is 1. The SMILES string of the molecule is Cc1noc(CNC(=O)c2cnc(OCC(F)(F)F)c(C3CCCCC3)c2)n1. The molecule has 0 saturated heterocycles. The number of aromatic nitrogens is 3. The van der Waals surface area contributed by atoms with Crippen LogP contribution in [0.25, 0.3) is 0 Å². The van der Waals surface area contributed by atoms with Crippen molar-refractivity contribution in [3.8, 4) is 5.88 Å². The Morgan fingerprint density at radius 1 is 1.32 bits per heavy atom. The van der Waals surface area contributed by atoms with E-state index in [1.807, 2.05) is 0 Å². The van der Waals surface area contributed by atoms with Crippen LogP contribution in [0.5, 0.6) is 5.88 Å². The molecule has 0 bridgehead atoms. The van der Waals surface area contributed by atoms with Crippen LogP contribution in [-0.4, -0.2) is 33.8 Å². The molecule has 1 aliphatic rings. The first-order valence-electron chi connectivity index (χ1n) is 9.09. The number of nitrogens with one attached hydrogen (secondary N) is 1. The average Bonchev–Trinajstić information content (AvgIpc) is 3.09. The number of carbonyl (C=O) groups is 1. The van der Waals surface area contributed by atoms with Crippen molar-refractivity contribution < 1.29 is 27.2 Å². The highest BCUT2D eigenvalue weighted by atomic mass is 19.4. The predicted molar refractivity (Wildman–Crippen MR) is 91.8 cm³/mol. The molecule has 0 radical (unpaired) electrons. The summed E-state index contributed by atoms with van der Waals surface area (Å²) in [5, 5.41) is 6.27. The summed E-state index contributed by atoms with van der Waals surface area (Å²) < 4.78 is 47.5. The van der Waals surface area contributed by atoms with Crippen molar-refractivity contribution in [2.24, 2.45) is 0 Å². The van der Waals surface area contributed by atoms with Crippen LogP contribution in [0, 0.1) is 6.92 Å². The number of aryl methyl sites for hydroxylation is 1. The van der Waals surface area contributed by atoms with Gasteiger partial charge in [-0.1, -0.05) is 24.4 Å². The number of hydrogen-bond donors (Lipinski definition) is 1. The van der Waals surface area contributed by atoms with Crippen LogP contribution in [0.4, 0.5) is 13.2 Å². The maximum absolute atomic E-state index is 12.5. The molecule has 2 aromatic heterocycles. The lowest BCUT2D eigenvalue weighted by atomic mass is 9.84. The van der Waals surface area contributed by atoms with Crippen LogP contribution < -0.4 is 10.1 Å². The van der Waals surface area contributed by atoms with Gasteiger partial charge in [-0.05, 0) is 31.7 Å². The molecular formula is C18H21F3N4O3. The van der Waals surface area contributed by atoms with Crippen molar-refractivity contribution in [2.75, 3.05) is 6.61 Å². The fraction of sp³-hybridized carbons (Fsp3) is 0.556. The molecule has 3 rings (SSSR count). The maximum atomic E-state index is 12.5. The van der Waals surface area contributed by atoms with Gasteiger partial charge in [-0.3, -0.25) is 4.79 Å². The van der Waals surface area contributed by atoms with Gasteiger partial charge in [-0.25, -0.2) is 4.98 Å². The first kappa shape index (κ1) is 20.1. The number of halogens is 3. The van der Waals surface area contributed by atoms with Gasteiger partial charge in [0.25, 0.3) is 5.91 Å². The highest BCUT2D eigenvalue weighted by Gasteiger charge is 2.30. The minimum atomic E-state index is -4.45. The summed E-state index contributed by atoms with van der Waals surface area (Å²) in [4.78, 5) is 20.4. The van der Waals surface area contributed by atoms with Gasteiger partial charge < -0.3 is 14.6 Å². The smallest absolute Gasteiger partial charge is 0.422 e. The van der Waals surface area contributed by atoms with E-state index < -0.39 is 18.7 Å². The van der Waals surface area contributed by atoms with Crippen LogP contribution >= 0.6 is 0 Å². The summed E-state index contributed by atoms with van der Waals surface area (Å²) in [6.07, 6.45) is 1.47. The molecule has 1 amide bonds. The molecule has 10 heteroatoms. The number of hydrogen-bond acceptors (Lipinski definition) is 6. The normalized spacial score (nSPS) is 15.4. The number of rotatable bonds is 6. The van der Waals surface area contributed by atoms with Crippen molar-refractivity contribution >= 4 is 5.91 Å². The highest BCUT2D eigenvalue weighted by molar-refractivity contribution is 5.94. The Labute approximate surface area is 159 Å². The van der Waals surface area contributed by atoms with E-state index in [4.69, 9.17) is 9.26 Å². The lowest BCUT2D eigenvalue weighted by molar-refractivity contribution is -0.154. The topological polar surface area (TPSA) is 90.1 Å². The zero-order chi connectivity index (χ0) is 20.1. The molecule has 7 nitrogen and oxygen atoms in total. The minimum absolute atomic E-state index is 0.0239. The lowest BCUT2D eigenvalue weighted by Gasteiger charge is -2.24. The van der Waals surface area contributed by atoms with E-state index in [9.17, 15) is 18.0 Å². The Bertz CT molecular complexity index is 817. The molecule has 1 aliphatic carbocycles. The third kappa shape index (κ3) is 5.43. The largest absolute Gasteiger partial charge is 0.468 e. The third-order valence-corrected chi connectivity index (χ3v) is 4.53. The van der Waals surface area contributed by atoms with E-state index >= 15 is 0 Å². The van der Waals surface area contributed by atoms with Crippen molar-refractivity contribution in [1.29, 1.82) is 0 Å². The molecule has 0 unspecified atom stereocenters. The van der Waals surface area contributed by atoms with Gasteiger partial charge >= 0.3 is 6.18 Å². The van der Waals surface area contributed by atoms with Crippen molar-refractivity contribution in [2.45, 2.75) is 57.7 Å². The number of carbonyl (C=O) groups excluding carboxylic acids is 1. The fourth-order valence-electron chi connectivity index (χ4n) is 3.24. The summed E-state index contributed by atoms with van der Waals surface area (Å²) in [7, 11) is 0. The molecule has 1 N–H and O–H groups in total. The quantitative estimate of drug-likeness (QED) is 0.798. The van der Waals surface area contributed by atoms with Crippen LogP contribution in [-0.2, 0) is 6.54 Å². The van der Waals surface area contributed by atoms with Crippen molar-refractivity contribution in [3.05, 3.63) is 35.1 Å². The molecule has 0 atom stereocenters. The van der Waals surface area contributed by atoms with Crippen molar-refractivity contribution in [1.82, 2.24) is 20.4 Å². The number of alkyl halides is 3. The van der Waals surface area contributed by atoms with Gasteiger partial charge in [0.1, 0.15) is 0 Å². The summed E-state index contributed by atoms with van der Waals surface area (Å²) in [6, 6.07) is 1.57. The number of amides is 1. The predicted octanol–water partition coefficient (Wildman–Crippen LogP) is 3.69. The summed E-state index contributed by atoms with van der Waals surface area (Å²) in [6.45, 7) is 0.293. The molecule has 28 heavy (non-hydrogen) atoms. The standard InChI is InChI=1S/C18H21F3N4O3/c1-11-24-15(28-25-11)9-22-16(26)13-7-14(12-5-3-2-4-6-12)17(23-8-13)27-10-18(19,20)21/h7-8,12H,2-6,9-10H2,1H3,(H,22,26). The second kappa shape index (κ2) is 8.57. The second-order valence-electron chi connectivity index (χ2n) is 6.78. The van der Waals surface area contributed by atoms with E-state index in [1.165, 1.54) is 6.20 Å². The molecule has 2 aromatic rings. The molecule has 0 aromatic carbocycles. The fourth-order valence-corrected chi connectivity index (χ4v) is 3.24. The maximum Gasteiger partial charge on any atom is 0.422 e. The van der Waals surface area contributed by atoms with Gasteiger partial charge in [-0.2, -0.15) is 18.2 Å². The van der Waals surface area contributed by atoms with Crippen LogP contribution in [0.15, 0.2) is 16.8 Å². The van der Waals surface area contributed by atoms with Crippen molar-refractivity contribution in [3.63, 3.8) is 0 Å². The van der Waals surface area contributed by atoms with Gasteiger partial charge in [0, 0.05) is 11.8 Å². The van der Waals surface area contributed by atoms with Crippen LogP contribution in [0.3, 0.4) is 0 Å². The lowest BCUT2D eigenvalue weighted by Crippen LogP contribution is -2.24. The zero-order valence-corrected chi connectivity index (χ0v) is 15.4. The third-order valence-electron chi connectivity index (χ3n) is 4.53. The average molecular weight is 398 g/mol. The summed E-state index contributed by atoms with van der Waals surface area (Å²) in [5.41, 5.74) is 0.793. The van der Waals surface area contributed by atoms with Crippen LogP contribution in [0.1, 0.15) is 65.7 Å². The second-order valence-corrected chi connectivity index (χ2v) is 6.78. The first-order chi connectivity index (χ1) is 13.3. The Balaban J connectivity index is 1.76. The van der Waals surface area contributed by atoms with E-state index in [0.29, 0.717) is 11.4 Å². The zero-order valence-electron chi connectivity index (χ0n) is 15.4. The molecule has 1 fully saturated rings. The summed E-state index contributed by atoms with van der Waals surface area (Å²) >= 11 is 0. The number of pyridine rings is 1.